The fourth-order valence-electron chi connectivity index (χ4n) is 3.41. The van der Waals surface area contributed by atoms with Gasteiger partial charge in [-0.2, -0.15) is 0 Å². The van der Waals surface area contributed by atoms with E-state index in [-0.39, 0.29) is 5.91 Å². The summed E-state index contributed by atoms with van der Waals surface area (Å²) in [7, 11) is 0. The van der Waals surface area contributed by atoms with Gasteiger partial charge in [-0.1, -0.05) is 31.4 Å². The molecule has 0 radical (unpaired) electrons. The molecule has 3 rings (SSSR count). The van der Waals surface area contributed by atoms with Crippen molar-refractivity contribution in [2.24, 2.45) is 11.7 Å². The van der Waals surface area contributed by atoms with Crippen molar-refractivity contribution in [1.82, 2.24) is 0 Å². The molecule has 2 aliphatic heterocycles. The number of fused-ring (bicyclic) bond motifs is 1. The number of amides is 1. The van der Waals surface area contributed by atoms with E-state index < -0.39 is 6.04 Å². The summed E-state index contributed by atoms with van der Waals surface area (Å²) in [5.74, 6) is 0.687. The first kappa shape index (κ1) is 14.7. The summed E-state index contributed by atoms with van der Waals surface area (Å²) >= 11 is 6.42. The van der Waals surface area contributed by atoms with Crippen molar-refractivity contribution >= 4 is 28.9 Å². The first-order chi connectivity index (χ1) is 10.1. The molecule has 3 N–H and O–H groups in total. The molecule has 0 aromatic heterocycles. The predicted octanol–water partition coefficient (Wildman–Crippen LogP) is 3.31. The van der Waals surface area contributed by atoms with Gasteiger partial charge in [-0.15, -0.1) is 0 Å². The lowest BCUT2D eigenvalue weighted by Crippen LogP contribution is -2.33. The molecule has 0 aliphatic carbocycles. The van der Waals surface area contributed by atoms with Gasteiger partial charge in [0.1, 0.15) is 6.04 Å². The van der Waals surface area contributed by atoms with E-state index >= 15 is 0 Å². The van der Waals surface area contributed by atoms with Crippen LogP contribution in [0.4, 0.5) is 11.4 Å². The van der Waals surface area contributed by atoms with E-state index in [1.807, 2.05) is 12.1 Å². The number of anilines is 2. The highest BCUT2D eigenvalue weighted by molar-refractivity contribution is 6.33. The molecule has 1 fully saturated rings. The van der Waals surface area contributed by atoms with Gasteiger partial charge in [0.05, 0.1) is 10.7 Å². The second kappa shape index (κ2) is 5.85. The standard InChI is InChI=1S/C16H22ClN3O/c1-2-3-10-4-6-20(7-5-10)14-9-13-11(8-12(14)17)15(18)16(21)19-13/h8-10,15H,2-7,18H2,1H3,(H,19,21). The molecular weight excluding hydrogens is 286 g/mol. The largest absolute Gasteiger partial charge is 0.370 e. The quantitative estimate of drug-likeness (QED) is 0.900. The summed E-state index contributed by atoms with van der Waals surface area (Å²) < 4.78 is 0. The second-order valence-electron chi connectivity index (χ2n) is 6.08. The molecule has 2 heterocycles. The van der Waals surface area contributed by atoms with Gasteiger partial charge < -0.3 is 16.0 Å². The van der Waals surface area contributed by atoms with Crippen LogP contribution in [-0.4, -0.2) is 19.0 Å². The smallest absolute Gasteiger partial charge is 0.245 e. The van der Waals surface area contributed by atoms with Gasteiger partial charge in [-0.05, 0) is 30.9 Å². The number of carbonyl (C=O) groups excluding carboxylic acids is 1. The summed E-state index contributed by atoms with van der Waals surface area (Å²) in [4.78, 5) is 14.0. The minimum absolute atomic E-state index is 0.153. The lowest BCUT2D eigenvalue weighted by Gasteiger charge is -2.34. The monoisotopic (exact) mass is 307 g/mol. The predicted molar refractivity (Wildman–Crippen MR) is 86.9 cm³/mol. The lowest BCUT2D eigenvalue weighted by atomic mass is 9.92. The van der Waals surface area contributed by atoms with E-state index in [2.05, 4.69) is 17.1 Å². The number of carbonyl (C=O) groups is 1. The number of rotatable bonds is 3. The molecule has 1 aromatic carbocycles. The first-order valence-electron chi connectivity index (χ1n) is 7.75. The Labute approximate surface area is 130 Å². The number of piperidine rings is 1. The van der Waals surface area contributed by atoms with E-state index in [1.54, 1.807) is 0 Å². The van der Waals surface area contributed by atoms with Gasteiger partial charge in [-0.25, -0.2) is 0 Å². The molecule has 1 aromatic rings. The maximum Gasteiger partial charge on any atom is 0.245 e. The molecule has 0 spiro atoms. The third-order valence-corrected chi connectivity index (χ3v) is 4.95. The molecule has 1 saturated heterocycles. The molecule has 2 aliphatic rings. The number of benzene rings is 1. The number of hydrogen-bond donors (Lipinski definition) is 2. The Hall–Kier alpha value is -1.26. The first-order valence-corrected chi connectivity index (χ1v) is 8.12. The SMILES string of the molecule is CCCC1CCN(c2cc3c(cc2Cl)C(N)C(=O)N3)CC1. The van der Waals surface area contributed by atoms with Crippen LogP contribution in [0, 0.1) is 5.92 Å². The maximum absolute atomic E-state index is 11.7. The Morgan fingerprint density at radius 3 is 2.76 bits per heavy atom. The second-order valence-corrected chi connectivity index (χ2v) is 6.48. The topological polar surface area (TPSA) is 58.4 Å². The van der Waals surface area contributed by atoms with Crippen LogP contribution in [0.5, 0.6) is 0 Å². The molecule has 0 saturated carbocycles. The lowest BCUT2D eigenvalue weighted by molar-refractivity contribution is -0.116. The molecule has 0 bridgehead atoms. The fraction of sp³-hybridized carbons (Fsp3) is 0.562. The van der Waals surface area contributed by atoms with Gasteiger partial charge >= 0.3 is 0 Å². The Morgan fingerprint density at radius 2 is 2.10 bits per heavy atom. The Bertz CT molecular complexity index is 553. The number of nitrogens with zero attached hydrogens (tertiary/aromatic N) is 1. The van der Waals surface area contributed by atoms with Crippen molar-refractivity contribution in [2.75, 3.05) is 23.3 Å². The summed E-state index contributed by atoms with van der Waals surface area (Å²) in [6, 6.07) is 3.22. The van der Waals surface area contributed by atoms with Gasteiger partial charge in [0.25, 0.3) is 0 Å². The summed E-state index contributed by atoms with van der Waals surface area (Å²) in [5.41, 5.74) is 8.48. The van der Waals surface area contributed by atoms with E-state index in [0.29, 0.717) is 5.02 Å². The van der Waals surface area contributed by atoms with Crippen molar-refractivity contribution in [3.05, 3.63) is 22.7 Å². The molecule has 5 heteroatoms. The highest BCUT2D eigenvalue weighted by Crippen LogP contribution is 2.39. The zero-order chi connectivity index (χ0) is 15.0. The molecule has 1 atom stereocenters. The number of halogens is 1. The molecule has 1 amide bonds. The maximum atomic E-state index is 11.7. The minimum Gasteiger partial charge on any atom is -0.370 e. The molecule has 1 unspecified atom stereocenters. The van der Waals surface area contributed by atoms with Crippen LogP contribution in [0.25, 0.3) is 0 Å². The Kier molecular flexibility index (Phi) is 4.09. The van der Waals surface area contributed by atoms with Crippen LogP contribution in [0.2, 0.25) is 5.02 Å². The molecule has 114 valence electrons. The van der Waals surface area contributed by atoms with Crippen LogP contribution in [0.1, 0.15) is 44.2 Å². The Morgan fingerprint density at radius 1 is 1.38 bits per heavy atom. The van der Waals surface area contributed by atoms with Gasteiger partial charge in [0.15, 0.2) is 0 Å². The third-order valence-electron chi connectivity index (χ3n) is 4.65. The number of hydrogen-bond acceptors (Lipinski definition) is 3. The average molecular weight is 308 g/mol. The van der Waals surface area contributed by atoms with Crippen LogP contribution in [-0.2, 0) is 4.79 Å². The Balaban J connectivity index is 1.78. The summed E-state index contributed by atoms with van der Waals surface area (Å²) in [5, 5.41) is 3.52. The molecular formula is C16H22ClN3O. The van der Waals surface area contributed by atoms with Crippen LogP contribution >= 0.6 is 11.6 Å². The van der Waals surface area contributed by atoms with Gasteiger partial charge in [-0.3, -0.25) is 4.79 Å². The fourth-order valence-corrected chi connectivity index (χ4v) is 3.70. The van der Waals surface area contributed by atoms with Crippen LogP contribution in [0.3, 0.4) is 0 Å². The highest BCUT2D eigenvalue weighted by Gasteiger charge is 2.29. The summed E-state index contributed by atoms with van der Waals surface area (Å²) in [6.07, 6.45) is 5.01. The normalized spacial score (nSPS) is 22.3. The van der Waals surface area contributed by atoms with E-state index in [9.17, 15) is 4.79 Å². The summed E-state index contributed by atoms with van der Waals surface area (Å²) in [6.45, 7) is 4.31. The zero-order valence-corrected chi connectivity index (χ0v) is 13.1. The molecule has 4 nitrogen and oxygen atoms in total. The van der Waals surface area contributed by atoms with E-state index in [0.717, 1.165) is 35.9 Å². The number of nitrogens with one attached hydrogen (secondary N) is 1. The number of nitrogens with two attached hydrogens (primary N) is 1. The van der Waals surface area contributed by atoms with E-state index in [1.165, 1.54) is 25.7 Å². The zero-order valence-electron chi connectivity index (χ0n) is 12.4. The third kappa shape index (κ3) is 2.74. The van der Waals surface area contributed by atoms with Crippen molar-refractivity contribution in [3.8, 4) is 0 Å². The van der Waals surface area contributed by atoms with Crippen molar-refractivity contribution in [1.29, 1.82) is 0 Å². The molecule has 21 heavy (non-hydrogen) atoms. The highest BCUT2D eigenvalue weighted by atomic mass is 35.5. The average Bonchev–Trinajstić information content (AvgIpc) is 2.75. The van der Waals surface area contributed by atoms with Crippen molar-refractivity contribution in [3.63, 3.8) is 0 Å². The van der Waals surface area contributed by atoms with Gasteiger partial charge in [0, 0.05) is 24.3 Å². The van der Waals surface area contributed by atoms with E-state index in [4.69, 9.17) is 17.3 Å². The van der Waals surface area contributed by atoms with Gasteiger partial charge in [0.2, 0.25) is 5.91 Å². The van der Waals surface area contributed by atoms with Crippen LogP contribution < -0.4 is 16.0 Å². The minimum atomic E-state index is -0.596. The van der Waals surface area contributed by atoms with Crippen molar-refractivity contribution in [2.45, 2.75) is 38.6 Å². The van der Waals surface area contributed by atoms with Crippen molar-refractivity contribution < 1.29 is 4.79 Å². The van der Waals surface area contributed by atoms with Crippen LogP contribution in [0.15, 0.2) is 12.1 Å².